The second-order valence-corrected chi connectivity index (χ2v) is 5.36. The predicted molar refractivity (Wildman–Crippen MR) is 74.0 cm³/mol. The molecule has 0 saturated carbocycles. The van der Waals surface area contributed by atoms with Gasteiger partial charge in [0.1, 0.15) is 0 Å². The van der Waals surface area contributed by atoms with E-state index in [0.717, 1.165) is 37.4 Å². The lowest BCUT2D eigenvalue weighted by atomic mass is 10.0. The van der Waals surface area contributed by atoms with E-state index in [1.165, 1.54) is 6.42 Å². The van der Waals surface area contributed by atoms with Crippen molar-refractivity contribution in [1.82, 2.24) is 15.5 Å². The molecule has 19 heavy (non-hydrogen) atoms. The first-order chi connectivity index (χ1) is 9.31. The van der Waals surface area contributed by atoms with Crippen LogP contribution in [-0.4, -0.2) is 23.2 Å². The Labute approximate surface area is 117 Å². The van der Waals surface area contributed by atoms with E-state index in [4.69, 9.17) is 16.1 Å². The maximum atomic E-state index is 5.96. The minimum Gasteiger partial charge on any atom is -0.339 e. The van der Waals surface area contributed by atoms with Crippen molar-refractivity contribution in [3.63, 3.8) is 0 Å². The third-order valence-corrected chi connectivity index (χ3v) is 3.71. The normalized spacial score (nSPS) is 18.9. The van der Waals surface area contributed by atoms with E-state index in [0.29, 0.717) is 16.7 Å². The molecule has 0 radical (unpaired) electrons. The molecule has 5 heteroatoms. The lowest BCUT2D eigenvalue weighted by Gasteiger charge is -2.03. The van der Waals surface area contributed by atoms with Crippen molar-refractivity contribution in [2.75, 3.05) is 13.1 Å². The number of hydrogen-bond acceptors (Lipinski definition) is 4. The number of rotatable bonds is 4. The van der Waals surface area contributed by atoms with Crippen molar-refractivity contribution in [2.45, 2.75) is 19.3 Å². The fourth-order valence-electron chi connectivity index (χ4n) is 2.39. The van der Waals surface area contributed by atoms with Gasteiger partial charge in [0.15, 0.2) is 0 Å². The quantitative estimate of drug-likeness (QED) is 0.934. The van der Waals surface area contributed by atoms with E-state index in [2.05, 4.69) is 15.5 Å². The Hall–Kier alpha value is -1.39. The molecule has 0 bridgehead atoms. The SMILES string of the molecule is Clc1cccc(-c2noc(CCC3CCNC3)n2)c1. The summed E-state index contributed by atoms with van der Waals surface area (Å²) in [6, 6.07) is 7.50. The van der Waals surface area contributed by atoms with Gasteiger partial charge in [-0.25, -0.2) is 0 Å². The highest BCUT2D eigenvalue weighted by atomic mass is 35.5. The molecule has 4 nitrogen and oxygen atoms in total. The van der Waals surface area contributed by atoms with E-state index in [-0.39, 0.29) is 0 Å². The number of benzene rings is 1. The predicted octanol–water partition coefficient (Wildman–Crippen LogP) is 2.93. The Morgan fingerprint density at radius 2 is 2.37 bits per heavy atom. The van der Waals surface area contributed by atoms with E-state index in [1.807, 2.05) is 24.3 Å². The van der Waals surface area contributed by atoms with Gasteiger partial charge in [-0.15, -0.1) is 0 Å². The van der Waals surface area contributed by atoms with Crippen molar-refractivity contribution < 1.29 is 4.52 Å². The summed E-state index contributed by atoms with van der Waals surface area (Å²) in [6.07, 6.45) is 3.19. The minimum absolute atomic E-state index is 0.613. The van der Waals surface area contributed by atoms with Crippen LogP contribution in [0.5, 0.6) is 0 Å². The highest BCUT2D eigenvalue weighted by Gasteiger charge is 2.16. The molecule has 1 fully saturated rings. The molecule has 2 heterocycles. The number of halogens is 1. The van der Waals surface area contributed by atoms with E-state index < -0.39 is 0 Å². The molecule has 1 saturated heterocycles. The van der Waals surface area contributed by atoms with Gasteiger partial charge in [-0.1, -0.05) is 28.9 Å². The summed E-state index contributed by atoms with van der Waals surface area (Å²) in [5, 5.41) is 8.06. The zero-order chi connectivity index (χ0) is 13.1. The number of hydrogen-bond donors (Lipinski definition) is 1. The summed E-state index contributed by atoms with van der Waals surface area (Å²) >= 11 is 5.96. The largest absolute Gasteiger partial charge is 0.339 e. The zero-order valence-corrected chi connectivity index (χ0v) is 11.4. The molecule has 2 aromatic rings. The molecule has 1 aliphatic rings. The van der Waals surface area contributed by atoms with E-state index in [9.17, 15) is 0 Å². The maximum absolute atomic E-state index is 5.96. The van der Waals surface area contributed by atoms with Crippen LogP contribution < -0.4 is 5.32 Å². The van der Waals surface area contributed by atoms with Gasteiger partial charge >= 0.3 is 0 Å². The molecule has 3 rings (SSSR count). The number of nitrogens with zero attached hydrogens (tertiary/aromatic N) is 2. The van der Waals surface area contributed by atoms with Crippen LogP contribution in [0, 0.1) is 5.92 Å². The van der Waals surface area contributed by atoms with Crippen LogP contribution in [0.25, 0.3) is 11.4 Å². The third-order valence-electron chi connectivity index (χ3n) is 3.48. The number of aryl methyl sites for hydroxylation is 1. The van der Waals surface area contributed by atoms with Crippen LogP contribution in [0.15, 0.2) is 28.8 Å². The smallest absolute Gasteiger partial charge is 0.226 e. The summed E-state index contributed by atoms with van der Waals surface area (Å²) in [5.41, 5.74) is 0.894. The van der Waals surface area contributed by atoms with Crippen molar-refractivity contribution in [1.29, 1.82) is 0 Å². The van der Waals surface area contributed by atoms with Gasteiger partial charge in [0.2, 0.25) is 11.7 Å². The van der Waals surface area contributed by atoms with Crippen LogP contribution in [0.1, 0.15) is 18.7 Å². The summed E-state index contributed by atoms with van der Waals surface area (Å²) in [6.45, 7) is 2.23. The topological polar surface area (TPSA) is 51.0 Å². The molecule has 1 N–H and O–H groups in total. The first-order valence-corrected chi connectivity index (χ1v) is 6.98. The zero-order valence-electron chi connectivity index (χ0n) is 10.6. The Kier molecular flexibility index (Phi) is 3.80. The minimum atomic E-state index is 0.613. The molecule has 1 aliphatic heterocycles. The molecule has 0 amide bonds. The van der Waals surface area contributed by atoms with Crippen molar-refractivity contribution in [3.05, 3.63) is 35.2 Å². The second-order valence-electron chi connectivity index (χ2n) is 4.92. The summed E-state index contributed by atoms with van der Waals surface area (Å²) in [7, 11) is 0. The number of nitrogens with one attached hydrogen (secondary N) is 1. The van der Waals surface area contributed by atoms with Gasteiger partial charge in [0.25, 0.3) is 0 Å². The van der Waals surface area contributed by atoms with Crippen molar-refractivity contribution in [3.8, 4) is 11.4 Å². The summed E-state index contributed by atoms with van der Waals surface area (Å²) in [5.74, 6) is 2.06. The molecule has 0 aliphatic carbocycles. The van der Waals surface area contributed by atoms with Gasteiger partial charge in [-0.2, -0.15) is 4.98 Å². The monoisotopic (exact) mass is 277 g/mol. The number of aromatic nitrogens is 2. The van der Waals surface area contributed by atoms with Gasteiger partial charge in [0.05, 0.1) is 0 Å². The van der Waals surface area contributed by atoms with Crippen LogP contribution in [0.2, 0.25) is 5.02 Å². The molecule has 100 valence electrons. The molecule has 0 spiro atoms. The molecular formula is C14H16ClN3O. The lowest BCUT2D eigenvalue weighted by Crippen LogP contribution is -2.09. The van der Waals surface area contributed by atoms with Crippen LogP contribution in [-0.2, 0) is 6.42 Å². The highest BCUT2D eigenvalue weighted by Crippen LogP contribution is 2.21. The van der Waals surface area contributed by atoms with Crippen LogP contribution in [0.4, 0.5) is 0 Å². The van der Waals surface area contributed by atoms with E-state index in [1.54, 1.807) is 0 Å². The third kappa shape index (κ3) is 3.14. The Balaban J connectivity index is 1.65. The molecular weight excluding hydrogens is 262 g/mol. The van der Waals surface area contributed by atoms with Crippen molar-refractivity contribution >= 4 is 11.6 Å². The first-order valence-electron chi connectivity index (χ1n) is 6.60. The van der Waals surface area contributed by atoms with E-state index >= 15 is 0 Å². The average molecular weight is 278 g/mol. The van der Waals surface area contributed by atoms with Gasteiger partial charge < -0.3 is 9.84 Å². The van der Waals surface area contributed by atoms with Crippen LogP contribution in [0.3, 0.4) is 0 Å². The molecule has 1 unspecified atom stereocenters. The standard InChI is InChI=1S/C14H16ClN3O/c15-12-3-1-2-11(8-12)14-17-13(19-18-14)5-4-10-6-7-16-9-10/h1-3,8,10,16H,4-7,9H2. The highest BCUT2D eigenvalue weighted by molar-refractivity contribution is 6.30. The fraction of sp³-hybridized carbons (Fsp3) is 0.429. The first kappa shape index (κ1) is 12.6. The molecule has 1 atom stereocenters. The van der Waals surface area contributed by atoms with Gasteiger partial charge in [0, 0.05) is 17.0 Å². The maximum Gasteiger partial charge on any atom is 0.226 e. The Morgan fingerprint density at radius 1 is 1.42 bits per heavy atom. The Bertz CT molecular complexity index is 549. The van der Waals surface area contributed by atoms with Crippen molar-refractivity contribution in [2.24, 2.45) is 5.92 Å². The fourth-order valence-corrected chi connectivity index (χ4v) is 2.58. The summed E-state index contributed by atoms with van der Waals surface area (Å²) in [4.78, 5) is 4.43. The molecule has 1 aromatic heterocycles. The summed E-state index contributed by atoms with van der Waals surface area (Å²) < 4.78 is 5.29. The second kappa shape index (κ2) is 5.72. The Morgan fingerprint density at radius 3 is 3.16 bits per heavy atom. The average Bonchev–Trinajstić information content (AvgIpc) is 3.08. The molecule has 1 aromatic carbocycles. The van der Waals surface area contributed by atoms with Gasteiger partial charge in [-0.3, -0.25) is 0 Å². The van der Waals surface area contributed by atoms with Crippen LogP contribution >= 0.6 is 11.6 Å². The lowest BCUT2D eigenvalue weighted by molar-refractivity contribution is 0.365. The van der Waals surface area contributed by atoms with Gasteiger partial charge in [-0.05, 0) is 44.0 Å².